The average Bonchev–Trinajstić information content (AvgIpc) is 2.46. The SMILES string of the molecule is O=C(O)[C@@H]1CCc2cc(Cl)ccc21. The summed E-state index contributed by atoms with van der Waals surface area (Å²) in [6, 6.07) is 5.44. The van der Waals surface area contributed by atoms with E-state index in [1.165, 1.54) is 0 Å². The Bertz CT molecular complexity index is 360. The van der Waals surface area contributed by atoms with Crippen LogP contribution in [0.5, 0.6) is 0 Å². The number of hydrogen-bond acceptors (Lipinski definition) is 1. The van der Waals surface area contributed by atoms with Gasteiger partial charge in [-0.25, -0.2) is 0 Å². The summed E-state index contributed by atoms with van der Waals surface area (Å²) in [7, 11) is 0. The topological polar surface area (TPSA) is 37.3 Å². The first kappa shape index (κ1) is 8.57. The normalized spacial score (nSPS) is 19.9. The second-order valence-corrected chi connectivity index (χ2v) is 3.71. The smallest absolute Gasteiger partial charge is 0.310 e. The zero-order valence-corrected chi connectivity index (χ0v) is 7.71. The molecule has 1 N–H and O–H groups in total. The predicted octanol–water partition coefficient (Wildman–Crippen LogP) is 2.45. The third kappa shape index (κ3) is 1.42. The third-order valence-corrected chi connectivity index (χ3v) is 2.72. The fraction of sp³-hybridized carbons (Fsp3) is 0.300. The third-order valence-electron chi connectivity index (χ3n) is 2.48. The van der Waals surface area contributed by atoms with Crippen LogP contribution in [-0.4, -0.2) is 11.1 Å². The van der Waals surface area contributed by atoms with Crippen molar-refractivity contribution >= 4 is 17.6 Å². The number of aliphatic carboxylic acids is 1. The molecule has 1 aliphatic carbocycles. The number of rotatable bonds is 1. The maximum absolute atomic E-state index is 10.8. The van der Waals surface area contributed by atoms with Crippen LogP contribution in [0.25, 0.3) is 0 Å². The lowest BCUT2D eigenvalue weighted by atomic mass is 10.0. The van der Waals surface area contributed by atoms with Gasteiger partial charge in [-0.15, -0.1) is 0 Å². The Morgan fingerprint density at radius 3 is 3.00 bits per heavy atom. The van der Waals surface area contributed by atoms with Crippen molar-refractivity contribution < 1.29 is 9.90 Å². The van der Waals surface area contributed by atoms with E-state index in [1.807, 2.05) is 12.1 Å². The van der Waals surface area contributed by atoms with Crippen LogP contribution in [0.1, 0.15) is 23.5 Å². The molecule has 1 aliphatic rings. The molecule has 2 nitrogen and oxygen atoms in total. The van der Waals surface area contributed by atoms with Crippen molar-refractivity contribution in [3.8, 4) is 0 Å². The molecule has 68 valence electrons. The lowest BCUT2D eigenvalue weighted by Gasteiger charge is -2.04. The highest BCUT2D eigenvalue weighted by Gasteiger charge is 2.27. The molecule has 0 saturated carbocycles. The molecule has 2 rings (SSSR count). The molecule has 1 aromatic carbocycles. The molecule has 13 heavy (non-hydrogen) atoms. The van der Waals surface area contributed by atoms with Crippen molar-refractivity contribution in [2.75, 3.05) is 0 Å². The molecule has 3 heteroatoms. The molecule has 1 atom stereocenters. The lowest BCUT2D eigenvalue weighted by Crippen LogP contribution is -2.07. The molecule has 0 heterocycles. The summed E-state index contributed by atoms with van der Waals surface area (Å²) >= 11 is 5.80. The minimum Gasteiger partial charge on any atom is -0.481 e. The monoisotopic (exact) mass is 196 g/mol. The first-order chi connectivity index (χ1) is 6.18. The van der Waals surface area contributed by atoms with E-state index < -0.39 is 5.97 Å². The zero-order chi connectivity index (χ0) is 9.42. The van der Waals surface area contributed by atoms with Crippen LogP contribution < -0.4 is 0 Å². The number of carboxylic acids is 1. The van der Waals surface area contributed by atoms with Crippen molar-refractivity contribution in [3.63, 3.8) is 0 Å². The largest absolute Gasteiger partial charge is 0.481 e. The van der Waals surface area contributed by atoms with E-state index in [2.05, 4.69) is 0 Å². The number of fused-ring (bicyclic) bond motifs is 1. The van der Waals surface area contributed by atoms with Crippen LogP contribution in [0.15, 0.2) is 18.2 Å². The number of hydrogen-bond donors (Lipinski definition) is 1. The molecule has 0 saturated heterocycles. The minimum absolute atomic E-state index is 0.327. The number of aryl methyl sites for hydroxylation is 1. The first-order valence-corrected chi connectivity index (χ1v) is 4.57. The standard InChI is InChI=1S/C10H9ClO2/c11-7-2-4-8-6(5-7)1-3-9(8)10(12)13/h2,4-5,9H,1,3H2,(H,12,13)/t9-/m1/s1. The second-order valence-electron chi connectivity index (χ2n) is 3.27. The van der Waals surface area contributed by atoms with Gasteiger partial charge in [0, 0.05) is 5.02 Å². The molecule has 1 aromatic rings. The van der Waals surface area contributed by atoms with E-state index in [1.54, 1.807) is 6.07 Å². The molecule has 0 fully saturated rings. The van der Waals surface area contributed by atoms with Gasteiger partial charge in [0.15, 0.2) is 0 Å². The molecule has 0 aromatic heterocycles. The van der Waals surface area contributed by atoms with Gasteiger partial charge in [-0.05, 0) is 36.1 Å². The zero-order valence-electron chi connectivity index (χ0n) is 6.96. The van der Waals surface area contributed by atoms with Crippen LogP contribution in [0.4, 0.5) is 0 Å². The summed E-state index contributed by atoms with van der Waals surface area (Å²) in [5.41, 5.74) is 2.01. The summed E-state index contributed by atoms with van der Waals surface area (Å²) in [4.78, 5) is 10.8. The van der Waals surface area contributed by atoms with Gasteiger partial charge in [0.25, 0.3) is 0 Å². The van der Waals surface area contributed by atoms with Crippen LogP contribution in [-0.2, 0) is 11.2 Å². The van der Waals surface area contributed by atoms with Crippen LogP contribution in [0, 0.1) is 0 Å². The predicted molar refractivity (Wildman–Crippen MR) is 50.1 cm³/mol. The van der Waals surface area contributed by atoms with Gasteiger partial charge < -0.3 is 5.11 Å². The van der Waals surface area contributed by atoms with Gasteiger partial charge in [-0.2, -0.15) is 0 Å². The van der Waals surface area contributed by atoms with Gasteiger partial charge in [0.1, 0.15) is 0 Å². The molecule has 0 aliphatic heterocycles. The number of carbonyl (C=O) groups is 1. The summed E-state index contributed by atoms with van der Waals surface area (Å²) < 4.78 is 0. The molecule has 0 unspecified atom stereocenters. The Kier molecular flexibility index (Phi) is 2.00. The quantitative estimate of drug-likeness (QED) is 0.749. The highest BCUT2D eigenvalue weighted by Crippen LogP contribution is 2.34. The average molecular weight is 197 g/mol. The van der Waals surface area contributed by atoms with E-state index in [0.29, 0.717) is 11.4 Å². The fourth-order valence-electron chi connectivity index (χ4n) is 1.84. The summed E-state index contributed by atoms with van der Waals surface area (Å²) in [6.45, 7) is 0. The maximum atomic E-state index is 10.8. The molecule has 0 radical (unpaired) electrons. The highest BCUT2D eigenvalue weighted by molar-refractivity contribution is 6.30. The second kappa shape index (κ2) is 3.04. The van der Waals surface area contributed by atoms with Gasteiger partial charge in [-0.1, -0.05) is 17.7 Å². The summed E-state index contributed by atoms with van der Waals surface area (Å²) in [5.74, 6) is -1.06. The van der Waals surface area contributed by atoms with E-state index in [9.17, 15) is 4.79 Å². The Morgan fingerprint density at radius 2 is 2.31 bits per heavy atom. The van der Waals surface area contributed by atoms with Crippen LogP contribution in [0.2, 0.25) is 5.02 Å². The lowest BCUT2D eigenvalue weighted by molar-refractivity contribution is -0.138. The van der Waals surface area contributed by atoms with Gasteiger partial charge in [0.05, 0.1) is 5.92 Å². The number of carboxylic acid groups (broad SMARTS) is 1. The van der Waals surface area contributed by atoms with E-state index in [4.69, 9.17) is 16.7 Å². The van der Waals surface area contributed by atoms with Crippen molar-refractivity contribution in [2.45, 2.75) is 18.8 Å². The van der Waals surface area contributed by atoms with E-state index in [-0.39, 0.29) is 5.92 Å². The van der Waals surface area contributed by atoms with E-state index in [0.717, 1.165) is 17.5 Å². The molecular formula is C10H9ClO2. The van der Waals surface area contributed by atoms with Crippen LogP contribution in [0.3, 0.4) is 0 Å². The van der Waals surface area contributed by atoms with Gasteiger partial charge >= 0.3 is 5.97 Å². The Morgan fingerprint density at radius 1 is 1.54 bits per heavy atom. The number of benzene rings is 1. The van der Waals surface area contributed by atoms with E-state index >= 15 is 0 Å². The summed E-state index contributed by atoms with van der Waals surface area (Å²) in [6.07, 6.45) is 1.53. The fourth-order valence-corrected chi connectivity index (χ4v) is 2.04. The highest BCUT2D eigenvalue weighted by atomic mass is 35.5. The van der Waals surface area contributed by atoms with Gasteiger partial charge in [0.2, 0.25) is 0 Å². The maximum Gasteiger partial charge on any atom is 0.310 e. The van der Waals surface area contributed by atoms with Gasteiger partial charge in [-0.3, -0.25) is 4.79 Å². The molecule has 0 spiro atoms. The van der Waals surface area contributed by atoms with Crippen molar-refractivity contribution in [1.82, 2.24) is 0 Å². The summed E-state index contributed by atoms with van der Waals surface area (Å²) in [5, 5.41) is 9.58. The number of halogens is 1. The Balaban J connectivity index is 2.44. The Labute approximate surface area is 81.1 Å². The molecule has 0 bridgehead atoms. The van der Waals surface area contributed by atoms with Crippen molar-refractivity contribution in [1.29, 1.82) is 0 Å². The minimum atomic E-state index is -0.735. The van der Waals surface area contributed by atoms with Crippen LogP contribution >= 0.6 is 11.6 Å². The molecule has 0 amide bonds. The Hall–Kier alpha value is -1.02. The van der Waals surface area contributed by atoms with Crippen molar-refractivity contribution in [3.05, 3.63) is 34.3 Å². The first-order valence-electron chi connectivity index (χ1n) is 4.19. The molecular weight excluding hydrogens is 188 g/mol. The van der Waals surface area contributed by atoms with Crippen molar-refractivity contribution in [2.24, 2.45) is 0 Å².